The largest absolute Gasteiger partial charge is 0.380 e. The minimum absolute atomic E-state index is 0.0286. The molecule has 0 amide bonds. The molecule has 0 aromatic rings. The third kappa shape index (κ3) is 1.60. The van der Waals surface area contributed by atoms with Crippen molar-refractivity contribution in [3.8, 4) is 0 Å². The second-order valence-electron chi connectivity index (χ2n) is 7.35. The van der Waals surface area contributed by atoms with Gasteiger partial charge in [-0.1, -0.05) is 0 Å². The average molecular weight is 235 g/mol. The zero-order valence-corrected chi connectivity index (χ0v) is 10.7. The van der Waals surface area contributed by atoms with E-state index < -0.39 is 0 Å². The van der Waals surface area contributed by atoms with Crippen LogP contribution in [0.4, 0.5) is 0 Å². The van der Waals surface area contributed by atoms with Crippen molar-refractivity contribution in [2.45, 2.75) is 50.5 Å². The van der Waals surface area contributed by atoms with Gasteiger partial charge in [0.05, 0.1) is 6.61 Å². The van der Waals surface area contributed by atoms with Gasteiger partial charge in [0.1, 0.15) is 0 Å². The zero-order valence-electron chi connectivity index (χ0n) is 10.7. The van der Waals surface area contributed by atoms with Crippen LogP contribution in [-0.4, -0.2) is 18.8 Å². The lowest BCUT2D eigenvalue weighted by atomic mass is 9.48. The van der Waals surface area contributed by atoms with Crippen molar-refractivity contribution in [3.63, 3.8) is 0 Å². The van der Waals surface area contributed by atoms with Crippen LogP contribution in [0.5, 0.6) is 0 Å². The van der Waals surface area contributed by atoms with Crippen LogP contribution in [-0.2, 0) is 4.74 Å². The van der Waals surface area contributed by atoms with Crippen LogP contribution in [0.3, 0.4) is 0 Å². The van der Waals surface area contributed by atoms with Crippen molar-refractivity contribution < 1.29 is 4.74 Å². The van der Waals surface area contributed by atoms with Crippen molar-refractivity contribution in [1.29, 1.82) is 0 Å². The molecule has 1 atom stereocenters. The van der Waals surface area contributed by atoms with Crippen molar-refractivity contribution in [3.05, 3.63) is 0 Å². The molecule has 4 aliphatic carbocycles. The van der Waals surface area contributed by atoms with Crippen LogP contribution in [0.25, 0.3) is 0 Å². The molecule has 2 heteroatoms. The Hall–Kier alpha value is -0.0800. The summed E-state index contributed by atoms with van der Waals surface area (Å²) in [6.45, 7) is 1.77. The summed E-state index contributed by atoms with van der Waals surface area (Å²) in [7, 11) is 0. The number of nitrogens with two attached hydrogens (primary N) is 1. The van der Waals surface area contributed by atoms with E-state index in [1.807, 2.05) is 0 Å². The smallest absolute Gasteiger partial charge is 0.0649 e. The summed E-state index contributed by atoms with van der Waals surface area (Å²) < 4.78 is 5.72. The molecule has 5 aliphatic rings. The van der Waals surface area contributed by atoms with E-state index in [1.165, 1.54) is 44.9 Å². The maximum atomic E-state index is 6.76. The summed E-state index contributed by atoms with van der Waals surface area (Å²) in [6.07, 6.45) is 9.85. The summed E-state index contributed by atoms with van der Waals surface area (Å²) >= 11 is 0. The predicted octanol–water partition coefficient (Wildman–Crippen LogP) is 2.57. The fraction of sp³-hybridized carbons (Fsp3) is 1.00. The summed E-state index contributed by atoms with van der Waals surface area (Å²) in [4.78, 5) is 0. The minimum atomic E-state index is 0.0286. The van der Waals surface area contributed by atoms with Crippen LogP contribution in [0.2, 0.25) is 0 Å². The molecule has 5 rings (SSSR count). The minimum Gasteiger partial charge on any atom is -0.380 e. The van der Waals surface area contributed by atoms with E-state index in [0.29, 0.717) is 0 Å². The van der Waals surface area contributed by atoms with Crippen LogP contribution in [0, 0.1) is 29.6 Å². The molecule has 96 valence electrons. The number of ether oxygens (including phenoxy) is 1. The average Bonchev–Trinajstić information content (AvgIpc) is 2.27. The molecule has 5 fully saturated rings. The van der Waals surface area contributed by atoms with Gasteiger partial charge in [0.25, 0.3) is 0 Å². The summed E-state index contributed by atoms with van der Waals surface area (Å²) in [5.41, 5.74) is 6.79. The van der Waals surface area contributed by atoms with Gasteiger partial charge in [-0.15, -0.1) is 0 Å². The molecule has 0 spiro atoms. The highest BCUT2D eigenvalue weighted by Crippen LogP contribution is 2.59. The summed E-state index contributed by atoms with van der Waals surface area (Å²) in [5.74, 6) is 4.79. The standard InChI is InChI=1S/C15H25NO/c16-15(2-1-3-17-9-15)14-12-5-10-4-11(7-12)8-13(14)6-10/h10-14H,1-9,16H2. The van der Waals surface area contributed by atoms with Gasteiger partial charge in [-0.25, -0.2) is 0 Å². The van der Waals surface area contributed by atoms with Gasteiger partial charge < -0.3 is 10.5 Å². The third-order valence-corrected chi connectivity index (χ3v) is 6.19. The monoisotopic (exact) mass is 235 g/mol. The van der Waals surface area contributed by atoms with Crippen molar-refractivity contribution in [2.24, 2.45) is 35.3 Å². The Morgan fingerprint density at radius 1 is 0.941 bits per heavy atom. The topological polar surface area (TPSA) is 35.2 Å². The number of hydrogen-bond acceptors (Lipinski definition) is 2. The van der Waals surface area contributed by atoms with E-state index in [0.717, 1.165) is 42.8 Å². The second kappa shape index (κ2) is 3.71. The Bertz CT molecular complexity index is 280. The fourth-order valence-corrected chi connectivity index (χ4v) is 5.96. The molecule has 0 radical (unpaired) electrons. The molecule has 1 unspecified atom stereocenters. The summed E-state index contributed by atoms with van der Waals surface area (Å²) in [5, 5.41) is 0. The first-order valence-corrected chi connectivity index (χ1v) is 7.61. The highest BCUT2D eigenvalue weighted by molar-refractivity contribution is 5.07. The molecule has 4 saturated carbocycles. The Labute approximate surface area is 104 Å². The SMILES string of the molecule is NC1(C2C3CC4CC(C3)CC2C4)CCCOC1. The van der Waals surface area contributed by atoms with Crippen LogP contribution < -0.4 is 5.73 Å². The first kappa shape index (κ1) is 10.8. The lowest BCUT2D eigenvalue weighted by molar-refractivity contribution is -0.103. The van der Waals surface area contributed by atoms with E-state index in [4.69, 9.17) is 10.5 Å². The quantitative estimate of drug-likeness (QED) is 0.758. The van der Waals surface area contributed by atoms with E-state index in [2.05, 4.69) is 0 Å². The van der Waals surface area contributed by atoms with Crippen LogP contribution >= 0.6 is 0 Å². The molecular weight excluding hydrogens is 210 g/mol. The Kier molecular flexibility index (Phi) is 2.36. The Morgan fingerprint density at radius 3 is 2.12 bits per heavy atom. The predicted molar refractivity (Wildman–Crippen MR) is 67.5 cm³/mol. The highest BCUT2D eigenvalue weighted by Gasteiger charge is 2.54. The van der Waals surface area contributed by atoms with Crippen molar-refractivity contribution >= 4 is 0 Å². The third-order valence-electron chi connectivity index (χ3n) is 6.19. The molecule has 2 N–H and O–H groups in total. The van der Waals surface area contributed by atoms with Crippen molar-refractivity contribution in [2.75, 3.05) is 13.2 Å². The molecule has 1 saturated heterocycles. The van der Waals surface area contributed by atoms with Gasteiger partial charge in [0.2, 0.25) is 0 Å². The van der Waals surface area contributed by atoms with Gasteiger partial charge in [-0.2, -0.15) is 0 Å². The first-order chi connectivity index (χ1) is 8.24. The maximum Gasteiger partial charge on any atom is 0.0649 e. The summed E-state index contributed by atoms with van der Waals surface area (Å²) in [6, 6.07) is 0. The number of rotatable bonds is 1. The highest BCUT2D eigenvalue weighted by atomic mass is 16.5. The Balaban J connectivity index is 1.61. The van der Waals surface area contributed by atoms with Crippen molar-refractivity contribution in [1.82, 2.24) is 0 Å². The molecule has 0 aromatic carbocycles. The van der Waals surface area contributed by atoms with Gasteiger partial charge >= 0.3 is 0 Å². The molecule has 0 aromatic heterocycles. The first-order valence-electron chi connectivity index (χ1n) is 7.61. The van der Waals surface area contributed by atoms with Gasteiger partial charge in [0.15, 0.2) is 0 Å². The van der Waals surface area contributed by atoms with E-state index in [-0.39, 0.29) is 5.54 Å². The molecular formula is C15H25NO. The molecule has 1 aliphatic heterocycles. The fourth-order valence-electron chi connectivity index (χ4n) is 5.96. The zero-order chi connectivity index (χ0) is 11.5. The second-order valence-corrected chi connectivity index (χ2v) is 7.35. The number of hydrogen-bond donors (Lipinski definition) is 1. The molecule has 17 heavy (non-hydrogen) atoms. The van der Waals surface area contributed by atoms with E-state index in [9.17, 15) is 0 Å². The Morgan fingerprint density at radius 2 is 1.59 bits per heavy atom. The van der Waals surface area contributed by atoms with Gasteiger partial charge in [-0.3, -0.25) is 0 Å². The molecule has 1 heterocycles. The molecule has 2 nitrogen and oxygen atoms in total. The van der Waals surface area contributed by atoms with E-state index >= 15 is 0 Å². The lowest BCUT2D eigenvalue weighted by Gasteiger charge is -2.59. The van der Waals surface area contributed by atoms with Gasteiger partial charge in [0, 0.05) is 12.1 Å². The lowest BCUT2D eigenvalue weighted by Crippen LogP contribution is -2.62. The normalized spacial score (nSPS) is 57.4. The van der Waals surface area contributed by atoms with E-state index in [1.54, 1.807) is 0 Å². The maximum absolute atomic E-state index is 6.76. The molecule has 4 bridgehead atoms. The van der Waals surface area contributed by atoms with Crippen LogP contribution in [0.15, 0.2) is 0 Å². The van der Waals surface area contributed by atoms with Crippen LogP contribution in [0.1, 0.15) is 44.9 Å². The van der Waals surface area contributed by atoms with Gasteiger partial charge in [-0.05, 0) is 74.5 Å².